The highest BCUT2D eigenvalue weighted by Crippen LogP contribution is 2.13. The van der Waals surface area contributed by atoms with E-state index in [2.05, 4.69) is 0 Å². The fraction of sp³-hybridized carbons (Fsp3) is 0.385. The van der Waals surface area contributed by atoms with Gasteiger partial charge in [0.25, 0.3) is 0 Å². The summed E-state index contributed by atoms with van der Waals surface area (Å²) in [5.41, 5.74) is 2.25. The summed E-state index contributed by atoms with van der Waals surface area (Å²) in [5, 5.41) is 8.54. The van der Waals surface area contributed by atoms with Crippen LogP contribution in [-0.2, 0) is 16.0 Å². The molecule has 0 radical (unpaired) electrons. The lowest BCUT2D eigenvalue weighted by atomic mass is 9.96. The van der Waals surface area contributed by atoms with Crippen LogP contribution in [0.15, 0.2) is 24.3 Å². The van der Waals surface area contributed by atoms with Crippen LogP contribution in [0.1, 0.15) is 24.0 Å². The van der Waals surface area contributed by atoms with Crippen LogP contribution in [0.5, 0.6) is 0 Å². The van der Waals surface area contributed by atoms with Gasteiger partial charge in [-0.25, -0.2) is 0 Å². The SMILES string of the molecule is Cc1ccc(CC(C=O)CCC(=O)O)cc1. The van der Waals surface area contributed by atoms with E-state index in [1.54, 1.807) is 0 Å². The summed E-state index contributed by atoms with van der Waals surface area (Å²) in [6, 6.07) is 7.95. The van der Waals surface area contributed by atoms with Crippen molar-refractivity contribution in [1.29, 1.82) is 0 Å². The smallest absolute Gasteiger partial charge is 0.303 e. The highest BCUT2D eigenvalue weighted by molar-refractivity contribution is 5.67. The van der Waals surface area contributed by atoms with E-state index < -0.39 is 5.97 Å². The van der Waals surface area contributed by atoms with Gasteiger partial charge in [-0.1, -0.05) is 29.8 Å². The lowest BCUT2D eigenvalue weighted by Crippen LogP contribution is -2.09. The number of aryl methyl sites for hydroxylation is 1. The average Bonchev–Trinajstić information content (AvgIpc) is 2.26. The molecule has 1 unspecified atom stereocenters. The van der Waals surface area contributed by atoms with E-state index in [1.165, 1.54) is 5.56 Å². The first-order chi connectivity index (χ1) is 7.61. The molecule has 86 valence electrons. The van der Waals surface area contributed by atoms with Crippen molar-refractivity contribution in [3.63, 3.8) is 0 Å². The number of hydrogen-bond donors (Lipinski definition) is 1. The van der Waals surface area contributed by atoms with Crippen molar-refractivity contribution in [1.82, 2.24) is 0 Å². The molecule has 0 aromatic heterocycles. The summed E-state index contributed by atoms with van der Waals surface area (Å²) in [4.78, 5) is 21.2. The third-order valence-electron chi connectivity index (χ3n) is 2.54. The fourth-order valence-corrected chi connectivity index (χ4v) is 1.55. The number of carbonyl (C=O) groups is 2. The Morgan fingerprint density at radius 3 is 2.50 bits per heavy atom. The summed E-state index contributed by atoms with van der Waals surface area (Å²) in [7, 11) is 0. The first-order valence-corrected chi connectivity index (χ1v) is 5.34. The predicted molar refractivity (Wildman–Crippen MR) is 61.3 cm³/mol. The molecule has 16 heavy (non-hydrogen) atoms. The number of aldehydes is 1. The number of benzene rings is 1. The van der Waals surface area contributed by atoms with Crippen LogP contribution >= 0.6 is 0 Å². The molecule has 0 spiro atoms. The normalized spacial score (nSPS) is 12.1. The van der Waals surface area contributed by atoms with Gasteiger partial charge in [0.1, 0.15) is 6.29 Å². The number of aliphatic carboxylic acids is 1. The van der Waals surface area contributed by atoms with E-state index in [4.69, 9.17) is 5.11 Å². The maximum absolute atomic E-state index is 10.8. The molecule has 0 aliphatic rings. The molecule has 0 amide bonds. The van der Waals surface area contributed by atoms with Crippen molar-refractivity contribution < 1.29 is 14.7 Å². The minimum Gasteiger partial charge on any atom is -0.481 e. The molecule has 1 aromatic rings. The monoisotopic (exact) mass is 220 g/mol. The van der Waals surface area contributed by atoms with Gasteiger partial charge in [-0.2, -0.15) is 0 Å². The second-order valence-electron chi connectivity index (χ2n) is 4.02. The van der Waals surface area contributed by atoms with Crippen LogP contribution in [-0.4, -0.2) is 17.4 Å². The van der Waals surface area contributed by atoms with Gasteiger partial charge < -0.3 is 9.90 Å². The van der Waals surface area contributed by atoms with Crippen molar-refractivity contribution in [2.24, 2.45) is 5.92 Å². The van der Waals surface area contributed by atoms with Crippen LogP contribution in [0.25, 0.3) is 0 Å². The number of carbonyl (C=O) groups excluding carboxylic acids is 1. The Kier molecular flexibility index (Phi) is 4.70. The molecule has 3 nitrogen and oxygen atoms in total. The van der Waals surface area contributed by atoms with Crippen LogP contribution in [0, 0.1) is 12.8 Å². The first-order valence-electron chi connectivity index (χ1n) is 5.34. The molecule has 1 N–H and O–H groups in total. The minimum absolute atomic E-state index is 0.0509. The van der Waals surface area contributed by atoms with Gasteiger partial charge in [-0.15, -0.1) is 0 Å². The largest absolute Gasteiger partial charge is 0.481 e. The Bertz CT molecular complexity index is 354. The van der Waals surface area contributed by atoms with E-state index in [1.807, 2.05) is 31.2 Å². The van der Waals surface area contributed by atoms with Crippen molar-refractivity contribution in [3.05, 3.63) is 35.4 Å². The third kappa shape index (κ3) is 4.26. The molecule has 0 aliphatic heterocycles. The molecule has 0 saturated heterocycles. The Balaban J connectivity index is 2.52. The van der Waals surface area contributed by atoms with Crippen molar-refractivity contribution >= 4 is 12.3 Å². The molecule has 0 fully saturated rings. The zero-order valence-electron chi connectivity index (χ0n) is 9.35. The standard InChI is InChI=1S/C13H16O3/c1-10-2-4-11(5-3-10)8-12(9-14)6-7-13(15)16/h2-5,9,12H,6-8H2,1H3,(H,15,16). The second kappa shape index (κ2) is 6.05. The Morgan fingerprint density at radius 1 is 1.38 bits per heavy atom. The predicted octanol–water partition coefficient (Wildman–Crippen LogP) is 2.22. The molecule has 1 atom stereocenters. The van der Waals surface area contributed by atoms with Gasteiger partial charge in [0, 0.05) is 12.3 Å². The first kappa shape index (κ1) is 12.4. The van der Waals surface area contributed by atoms with E-state index in [9.17, 15) is 9.59 Å². The topological polar surface area (TPSA) is 54.4 Å². The molecule has 3 heteroatoms. The van der Waals surface area contributed by atoms with E-state index in [0.717, 1.165) is 11.8 Å². The summed E-state index contributed by atoms with van der Waals surface area (Å²) >= 11 is 0. The molecule has 1 rings (SSSR count). The molecule has 1 aromatic carbocycles. The summed E-state index contributed by atoms with van der Waals surface area (Å²) in [5.74, 6) is -1.05. The van der Waals surface area contributed by atoms with Crippen molar-refractivity contribution in [2.45, 2.75) is 26.2 Å². The Morgan fingerprint density at radius 2 is 2.00 bits per heavy atom. The van der Waals surface area contributed by atoms with Crippen LogP contribution in [0.4, 0.5) is 0 Å². The maximum Gasteiger partial charge on any atom is 0.303 e. The van der Waals surface area contributed by atoms with Crippen LogP contribution < -0.4 is 0 Å². The average molecular weight is 220 g/mol. The number of hydrogen-bond acceptors (Lipinski definition) is 2. The molecular weight excluding hydrogens is 204 g/mol. The van der Waals surface area contributed by atoms with Gasteiger partial charge in [0.05, 0.1) is 0 Å². The lowest BCUT2D eigenvalue weighted by Gasteiger charge is -2.08. The minimum atomic E-state index is -0.851. The lowest BCUT2D eigenvalue weighted by molar-refractivity contribution is -0.137. The molecule has 0 aliphatic carbocycles. The maximum atomic E-state index is 10.8. The van der Waals surface area contributed by atoms with Gasteiger partial charge in [-0.3, -0.25) is 4.79 Å². The number of rotatable bonds is 6. The molecule has 0 bridgehead atoms. The molecule has 0 heterocycles. The second-order valence-corrected chi connectivity index (χ2v) is 4.02. The quantitative estimate of drug-likeness (QED) is 0.748. The zero-order chi connectivity index (χ0) is 12.0. The van der Waals surface area contributed by atoms with Crippen LogP contribution in [0.2, 0.25) is 0 Å². The molecule has 0 saturated carbocycles. The van der Waals surface area contributed by atoms with Gasteiger partial charge in [0.2, 0.25) is 0 Å². The van der Waals surface area contributed by atoms with E-state index in [-0.39, 0.29) is 12.3 Å². The summed E-state index contributed by atoms with van der Waals surface area (Å²) < 4.78 is 0. The van der Waals surface area contributed by atoms with Gasteiger partial charge >= 0.3 is 5.97 Å². The summed E-state index contributed by atoms with van der Waals surface area (Å²) in [6.45, 7) is 2.01. The Labute approximate surface area is 95.1 Å². The van der Waals surface area contributed by atoms with E-state index in [0.29, 0.717) is 12.8 Å². The zero-order valence-corrected chi connectivity index (χ0v) is 9.35. The number of carboxylic acids is 1. The molecular formula is C13H16O3. The summed E-state index contributed by atoms with van der Waals surface area (Å²) in [6.07, 6.45) is 1.93. The van der Waals surface area contributed by atoms with Crippen molar-refractivity contribution in [2.75, 3.05) is 0 Å². The third-order valence-corrected chi connectivity index (χ3v) is 2.54. The van der Waals surface area contributed by atoms with Crippen LogP contribution in [0.3, 0.4) is 0 Å². The highest BCUT2D eigenvalue weighted by atomic mass is 16.4. The van der Waals surface area contributed by atoms with Gasteiger partial charge in [0.15, 0.2) is 0 Å². The Hall–Kier alpha value is -1.64. The fourth-order valence-electron chi connectivity index (χ4n) is 1.55. The van der Waals surface area contributed by atoms with Crippen molar-refractivity contribution in [3.8, 4) is 0 Å². The number of carboxylic acid groups (broad SMARTS) is 1. The van der Waals surface area contributed by atoms with Gasteiger partial charge in [-0.05, 0) is 25.3 Å². The highest BCUT2D eigenvalue weighted by Gasteiger charge is 2.10. The van der Waals surface area contributed by atoms with E-state index >= 15 is 0 Å².